The zero-order valence-electron chi connectivity index (χ0n) is 12.2. The van der Waals surface area contributed by atoms with Gasteiger partial charge in [-0.2, -0.15) is 0 Å². The maximum Gasteiger partial charge on any atom is 0.242 e. The third kappa shape index (κ3) is 4.31. The molecule has 0 atom stereocenters. The molecule has 0 aromatic rings. The van der Waals surface area contributed by atoms with Gasteiger partial charge in [0.05, 0.1) is 0 Å². The molecule has 2 amide bonds. The molecule has 4 nitrogen and oxygen atoms in total. The maximum absolute atomic E-state index is 12.2. The van der Waals surface area contributed by atoms with Gasteiger partial charge in [-0.3, -0.25) is 9.59 Å². The van der Waals surface area contributed by atoms with Gasteiger partial charge < -0.3 is 9.80 Å². The number of hydrogen-bond donors (Lipinski definition) is 0. The van der Waals surface area contributed by atoms with Crippen LogP contribution in [0.5, 0.6) is 0 Å². The van der Waals surface area contributed by atoms with E-state index in [1.165, 1.54) is 19.8 Å². The van der Waals surface area contributed by atoms with Crippen LogP contribution in [0.15, 0.2) is 0 Å². The molecule has 1 heterocycles. The Morgan fingerprint density at radius 3 is 1.94 bits per heavy atom. The second kappa shape index (κ2) is 6.21. The lowest BCUT2D eigenvalue weighted by molar-refractivity contribution is -0.143. The predicted molar refractivity (Wildman–Crippen MR) is 72.2 cm³/mol. The normalized spacial score (nSPS) is 17.2. The van der Waals surface area contributed by atoms with Gasteiger partial charge in [0.2, 0.25) is 11.8 Å². The summed E-state index contributed by atoms with van der Waals surface area (Å²) in [5.74, 6) is 0.0488. The summed E-state index contributed by atoms with van der Waals surface area (Å²) in [6.45, 7) is 9.31. The molecule has 0 radical (unpaired) electrons. The molecule has 0 bridgehead atoms. The van der Waals surface area contributed by atoms with E-state index in [0.717, 1.165) is 25.9 Å². The van der Waals surface area contributed by atoms with E-state index in [4.69, 9.17) is 0 Å². The number of nitrogens with zero attached hydrogens (tertiary/aromatic N) is 2. The first-order chi connectivity index (χ1) is 8.32. The standard InChI is InChI=1S/C14H26N2O2/c1-12(17)16(14(2,3)4)11-13(18)15-9-7-5-6-8-10-15/h5-11H2,1-4H3. The van der Waals surface area contributed by atoms with Crippen LogP contribution in [0.2, 0.25) is 0 Å². The molecule has 0 spiro atoms. The van der Waals surface area contributed by atoms with Crippen LogP contribution < -0.4 is 0 Å². The lowest BCUT2D eigenvalue weighted by Gasteiger charge is -2.35. The minimum atomic E-state index is -0.298. The van der Waals surface area contributed by atoms with E-state index in [2.05, 4.69) is 0 Å². The lowest BCUT2D eigenvalue weighted by atomic mass is 10.1. The van der Waals surface area contributed by atoms with Crippen molar-refractivity contribution in [2.45, 2.75) is 58.9 Å². The number of amides is 2. The van der Waals surface area contributed by atoms with Gasteiger partial charge >= 0.3 is 0 Å². The van der Waals surface area contributed by atoms with Gasteiger partial charge in [0.25, 0.3) is 0 Å². The zero-order valence-corrected chi connectivity index (χ0v) is 12.2. The molecule has 1 aliphatic heterocycles. The van der Waals surface area contributed by atoms with E-state index in [1.54, 1.807) is 4.90 Å². The third-order valence-corrected chi connectivity index (χ3v) is 3.44. The summed E-state index contributed by atoms with van der Waals surface area (Å²) in [6, 6.07) is 0. The quantitative estimate of drug-likeness (QED) is 0.756. The highest BCUT2D eigenvalue weighted by atomic mass is 16.2. The summed E-state index contributed by atoms with van der Waals surface area (Å²) in [4.78, 5) is 27.4. The zero-order chi connectivity index (χ0) is 13.8. The Kier molecular flexibility index (Phi) is 5.17. The Hall–Kier alpha value is -1.06. The number of rotatable bonds is 2. The van der Waals surface area contributed by atoms with E-state index in [-0.39, 0.29) is 23.9 Å². The summed E-state index contributed by atoms with van der Waals surface area (Å²) in [5, 5.41) is 0. The summed E-state index contributed by atoms with van der Waals surface area (Å²) in [6.07, 6.45) is 4.58. The number of carbonyl (C=O) groups is 2. The Morgan fingerprint density at radius 2 is 1.56 bits per heavy atom. The number of hydrogen-bond acceptors (Lipinski definition) is 2. The molecule has 1 rings (SSSR count). The predicted octanol–water partition coefficient (Wildman–Crippen LogP) is 2.04. The van der Waals surface area contributed by atoms with Gasteiger partial charge in [-0.05, 0) is 33.6 Å². The molecule has 1 saturated heterocycles. The Bertz CT molecular complexity index is 299. The molecule has 0 unspecified atom stereocenters. The third-order valence-electron chi connectivity index (χ3n) is 3.44. The summed E-state index contributed by atoms with van der Waals surface area (Å²) in [7, 11) is 0. The van der Waals surface area contributed by atoms with Crippen LogP contribution in [-0.4, -0.2) is 46.8 Å². The van der Waals surface area contributed by atoms with Gasteiger partial charge in [0, 0.05) is 25.6 Å². The van der Waals surface area contributed by atoms with E-state index in [0.29, 0.717) is 0 Å². The molecular weight excluding hydrogens is 228 g/mol. The Morgan fingerprint density at radius 1 is 1.06 bits per heavy atom. The first-order valence-corrected chi connectivity index (χ1v) is 6.88. The molecular formula is C14H26N2O2. The minimum absolute atomic E-state index is 0.0364. The van der Waals surface area contributed by atoms with Crippen molar-refractivity contribution in [3.05, 3.63) is 0 Å². The highest BCUT2D eigenvalue weighted by molar-refractivity contribution is 5.84. The van der Waals surface area contributed by atoms with Gasteiger partial charge in [-0.1, -0.05) is 12.8 Å². The van der Waals surface area contributed by atoms with Crippen molar-refractivity contribution in [1.82, 2.24) is 9.80 Å². The molecule has 0 aromatic heterocycles. The van der Waals surface area contributed by atoms with Crippen molar-refractivity contribution < 1.29 is 9.59 Å². The average molecular weight is 254 g/mol. The van der Waals surface area contributed by atoms with Crippen molar-refractivity contribution >= 4 is 11.8 Å². The Labute approximate surface area is 110 Å². The van der Waals surface area contributed by atoms with Crippen LogP contribution in [0.3, 0.4) is 0 Å². The van der Waals surface area contributed by atoms with Crippen molar-refractivity contribution in [2.24, 2.45) is 0 Å². The van der Waals surface area contributed by atoms with E-state index < -0.39 is 0 Å². The fraction of sp³-hybridized carbons (Fsp3) is 0.857. The highest BCUT2D eigenvalue weighted by Gasteiger charge is 2.27. The number of carbonyl (C=O) groups excluding carboxylic acids is 2. The van der Waals surface area contributed by atoms with Crippen LogP contribution in [0, 0.1) is 0 Å². The molecule has 1 aliphatic rings. The fourth-order valence-corrected chi connectivity index (χ4v) is 2.38. The van der Waals surface area contributed by atoms with Gasteiger partial charge in [-0.15, -0.1) is 0 Å². The summed E-state index contributed by atoms with van der Waals surface area (Å²) >= 11 is 0. The van der Waals surface area contributed by atoms with Crippen molar-refractivity contribution in [2.75, 3.05) is 19.6 Å². The lowest BCUT2D eigenvalue weighted by Crippen LogP contribution is -2.50. The van der Waals surface area contributed by atoms with Gasteiger partial charge in [0.15, 0.2) is 0 Å². The van der Waals surface area contributed by atoms with Crippen LogP contribution >= 0.6 is 0 Å². The maximum atomic E-state index is 12.2. The van der Waals surface area contributed by atoms with Gasteiger partial charge in [-0.25, -0.2) is 0 Å². The second-order valence-corrected chi connectivity index (χ2v) is 6.07. The summed E-state index contributed by atoms with van der Waals surface area (Å²) in [5.41, 5.74) is -0.298. The molecule has 4 heteroatoms. The smallest absolute Gasteiger partial charge is 0.242 e. The SMILES string of the molecule is CC(=O)N(CC(=O)N1CCCCCC1)C(C)(C)C. The van der Waals surface area contributed by atoms with E-state index >= 15 is 0 Å². The first-order valence-electron chi connectivity index (χ1n) is 6.88. The monoisotopic (exact) mass is 254 g/mol. The molecule has 18 heavy (non-hydrogen) atoms. The fourth-order valence-electron chi connectivity index (χ4n) is 2.38. The largest absolute Gasteiger partial charge is 0.341 e. The van der Waals surface area contributed by atoms with Crippen LogP contribution in [0.4, 0.5) is 0 Å². The topological polar surface area (TPSA) is 40.6 Å². The molecule has 0 N–H and O–H groups in total. The summed E-state index contributed by atoms with van der Waals surface area (Å²) < 4.78 is 0. The molecule has 0 saturated carbocycles. The van der Waals surface area contributed by atoms with Crippen molar-refractivity contribution in [1.29, 1.82) is 0 Å². The molecule has 0 aliphatic carbocycles. The van der Waals surface area contributed by atoms with Gasteiger partial charge in [0.1, 0.15) is 6.54 Å². The minimum Gasteiger partial charge on any atom is -0.341 e. The van der Waals surface area contributed by atoms with E-state index in [9.17, 15) is 9.59 Å². The van der Waals surface area contributed by atoms with E-state index in [1.807, 2.05) is 25.7 Å². The van der Waals surface area contributed by atoms with Crippen LogP contribution in [0.1, 0.15) is 53.4 Å². The average Bonchev–Trinajstić information content (AvgIpc) is 2.51. The molecule has 104 valence electrons. The second-order valence-electron chi connectivity index (χ2n) is 6.07. The van der Waals surface area contributed by atoms with Crippen LogP contribution in [0.25, 0.3) is 0 Å². The molecule has 0 aromatic carbocycles. The van der Waals surface area contributed by atoms with Crippen LogP contribution in [-0.2, 0) is 9.59 Å². The first kappa shape index (κ1) is 15.0. The highest BCUT2D eigenvalue weighted by Crippen LogP contribution is 2.15. The number of likely N-dealkylation sites (tertiary alicyclic amines) is 1. The van der Waals surface area contributed by atoms with Crippen molar-refractivity contribution in [3.8, 4) is 0 Å². The molecule has 1 fully saturated rings. The van der Waals surface area contributed by atoms with Crippen molar-refractivity contribution in [3.63, 3.8) is 0 Å². The Balaban J connectivity index is 2.63.